The van der Waals surface area contributed by atoms with Crippen LogP contribution in [0.2, 0.25) is 0 Å². The van der Waals surface area contributed by atoms with E-state index in [1.807, 2.05) is 6.92 Å². The molecule has 0 aliphatic carbocycles. The van der Waals surface area contributed by atoms with Gasteiger partial charge in [0.05, 0.1) is 13.2 Å². The first kappa shape index (κ1) is 14.9. The Kier molecular flexibility index (Phi) is 7.38. The van der Waals surface area contributed by atoms with Crippen molar-refractivity contribution in [1.82, 2.24) is 5.32 Å². The Bertz CT molecular complexity index is 334. The van der Waals surface area contributed by atoms with Crippen molar-refractivity contribution in [3.8, 4) is 0 Å². The second-order valence-electron chi connectivity index (χ2n) is 4.76. The van der Waals surface area contributed by atoms with Crippen LogP contribution >= 0.6 is 0 Å². The molecule has 18 heavy (non-hydrogen) atoms. The van der Waals surface area contributed by atoms with E-state index in [0.29, 0.717) is 12.6 Å². The van der Waals surface area contributed by atoms with E-state index >= 15 is 0 Å². The monoisotopic (exact) mass is 247 g/mol. The summed E-state index contributed by atoms with van der Waals surface area (Å²) < 4.78 is 5.48. The lowest BCUT2D eigenvalue weighted by atomic mass is 10.0. The first-order valence-electron chi connectivity index (χ1n) is 6.71. The van der Waals surface area contributed by atoms with Gasteiger partial charge in [0.25, 0.3) is 0 Å². The molecular weight excluding hydrogens is 222 g/mol. The molecule has 1 aromatic carbocycles. The minimum atomic E-state index is 0.529. The van der Waals surface area contributed by atoms with Gasteiger partial charge in [-0.2, -0.15) is 0 Å². The molecule has 0 bridgehead atoms. The van der Waals surface area contributed by atoms with Gasteiger partial charge in [0.15, 0.2) is 0 Å². The SMILES string of the molecule is C=C(C)COCCNC(CC)Cc1ccccc1. The summed E-state index contributed by atoms with van der Waals surface area (Å²) in [6, 6.07) is 11.1. The van der Waals surface area contributed by atoms with E-state index < -0.39 is 0 Å². The average Bonchev–Trinajstić information content (AvgIpc) is 2.38. The van der Waals surface area contributed by atoms with Gasteiger partial charge < -0.3 is 10.1 Å². The number of benzene rings is 1. The highest BCUT2D eigenvalue weighted by molar-refractivity contribution is 5.15. The van der Waals surface area contributed by atoms with Crippen LogP contribution in [0.1, 0.15) is 25.8 Å². The predicted octanol–water partition coefficient (Wildman–Crippen LogP) is 3.19. The molecule has 1 N–H and O–H groups in total. The molecule has 0 aliphatic heterocycles. The lowest BCUT2D eigenvalue weighted by Crippen LogP contribution is -2.33. The molecule has 0 amide bonds. The minimum Gasteiger partial charge on any atom is -0.376 e. The van der Waals surface area contributed by atoms with E-state index in [1.165, 1.54) is 5.56 Å². The van der Waals surface area contributed by atoms with Crippen LogP contribution in [0, 0.1) is 0 Å². The second kappa shape index (κ2) is 8.90. The quantitative estimate of drug-likeness (QED) is 0.534. The zero-order valence-electron chi connectivity index (χ0n) is 11.6. The van der Waals surface area contributed by atoms with Crippen LogP contribution in [0.5, 0.6) is 0 Å². The third-order valence-electron chi connectivity index (χ3n) is 2.85. The summed E-state index contributed by atoms with van der Waals surface area (Å²) in [6.45, 7) is 10.3. The molecule has 100 valence electrons. The van der Waals surface area contributed by atoms with Crippen molar-refractivity contribution in [2.45, 2.75) is 32.7 Å². The molecule has 2 nitrogen and oxygen atoms in total. The van der Waals surface area contributed by atoms with E-state index in [9.17, 15) is 0 Å². The van der Waals surface area contributed by atoms with Crippen molar-refractivity contribution in [2.75, 3.05) is 19.8 Å². The zero-order valence-corrected chi connectivity index (χ0v) is 11.6. The number of hydrogen-bond acceptors (Lipinski definition) is 2. The van der Waals surface area contributed by atoms with E-state index in [0.717, 1.165) is 31.6 Å². The molecule has 0 spiro atoms. The third kappa shape index (κ3) is 6.58. The first-order chi connectivity index (χ1) is 8.72. The summed E-state index contributed by atoms with van der Waals surface area (Å²) in [5.41, 5.74) is 2.46. The van der Waals surface area contributed by atoms with Gasteiger partial charge in [0, 0.05) is 12.6 Å². The maximum Gasteiger partial charge on any atom is 0.0672 e. The number of nitrogens with one attached hydrogen (secondary N) is 1. The normalized spacial score (nSPS) is 12.3. The molecule has 0 aromatic heterocycles. The van der Waals surface area contributed by atoms with Crippen molar-refractivity contribution in [2.24, 2.45) is 0 Å². The molecule has 0 fully saturated rings. The topological polar surface area (TPSA) is 21.3 Å². The van der Waals surface area contributed by atoms with Crippen LogP contribution in [-0.2, 0) is 11.2 Å². The summed E-state index contributed by atoms with van der Waals surface area (Å²) in [7, 11) is 0. The Morgan fingerprint density at radius 3 is 2.67 bits per heavy atom. The minimum absolute atomic E-state index is 0.529. The molecule has 0 radical (unpaired) electrons. The Hall–Kier alpha value is -1.12. The fourth-order valence-electron chi connectivity index (χ4n) is 1.84. The number of ether oxygens (including phenoxy) is 1. The molecular formula is C16H25NO. The van der Waals surface area contributed by atoms with Gasteiger partial charge in [-0.25, -0.2) is 0 Å². The summed E-state index contributed by atoms with van der Waals surface area (Å²) in [5.74, 6) is 0. The summed E-state index contributed by atoms with van der Waals surface area (Å²) in [5, 5.41) is 3.54. The molecule has 2 heteroatoms. The van der Waals surface area contributed by atoms with Gasteiger partial charge >= 0.3 is 0 Å². The molecule has 1 unspecified atom stereocenters. The molecule has 1 aromatic rings. The van der Waals surface area contributed by atoms with Gasteiger partial charge in [-0.1, -0.05) is 49.4 Å². The lowest BCUT2D eigenvalue weighted by Gasteiger charge is -2.17. The smallest absolute Gasteiger partial charge is 0.0672 e. The molecule has 1 rings (SSSR count). The van der Waals surface area contributed by atoms with Crippen molar-refractivity contribution < 1.29 is 4.74 Å². The Balaban J connectivity index is 2.20. The van der Waals surface area contributed by atoms with Crippen molar-refractivity contribution in [3.63, 3.8) is 0 Å². The molecule has 0 saturated carbocycles. The predicted molar refractivity (Wildman–Crippen MR) is 77.9 cm³/mol. The Morgan fingerprint density at radius 2 is 2.06 bits per heavy atom. The van der Waals surface area contributed by atoms with Crippen LogP contribution in [-0.4, -0.2) is 25.8 Å². The van der Waals surface area contributed by atoms with Gasteiger partial charge in [-0.15, -0.1) is 0 Å². The highest BCUT2D eigenvalue weighted by Gasteiger charge is 2.05. The molecule has 0 saturated heterocycles. The fourth-order valence-corrected chi connectivity index (χ4v) is 1.84. The van der Waals surface area contributed by atoms with E-state index in [4.69, 9.17) is 4.74 Å². The fraction of sp³-hybridized carbons (Fsp3) is 0.500. The second-order valence-corrected chi connectivity index (χ2v) is 4.76. The largest absolute Gasteiger partial charge is 0.376 e. The molecule has 0 heterocycles. The Labute approximate surface area is 111 Å². The van der Waals surface area contributed by atoms with Gasteiger partial charge in [-0.05, 0) is 25.3 Å². The van der Waals surface area contributed by atoms with Crippen molar-refractivity contribution >= 4 is 0 Å². The van der Waals surface area contributed by atoms with Crippen LogP contribution in [0.25, 0.3) is 0 Å². The van der Waals surface area contributed by atoms with E-state index in [2.05, 4.69) is 49.2 Å². The number of hydrogen-bond donors (Lipinski definition) is 1. The maximum atomic E-state index is 5.48. The molecule has 0 aliphatic rings. The Morgan fingerprint density at radius 1 is 1.33 bits per heavy atom. The van der Waals surface area contributed by atoms with Crippen molar-refractivity contribution in [3.05, 3.63) is 48.0 Å². The summed E-state index contributed by atoms with van der Waals surface area (Å²) >= 11 is 0. The van der Waals surface area contributed by atoms with E-state index in [1.54, 1.807) is 0 Å². The summed E-state index contributed by atoms with van der Waals surface area (Å²) in [6.07, 6.45) is 2.22. The van der Waals surface area contributed by atoms with Gasteiger partial charge in [0.2, 0.25) is 0 Å². The molecule has 1 atom stereocenters. The van der Waals surface area contributed by atoms with Gasteiger partial charge in [-0.3, -0.25) is 0 Å². The standard InChI is InChI=1S/C16H25NO/c1-4-16(12-15-8-6-5-7-9-15)17-10-11-18-13-14(2)3/h5-9,16-17H,2,4,10-13H2,1,3H3. The highest BCUT2D eigenvalue weighted by atomic mass is 16.5. The lowest BCUT2D eigenvalue weighted by molar-refractivity contribution is 0.155. The first-order valence-corrected chi connectivity index (χ1v) is 6.71. The van der Waals surface area contributed by atoms with Crippen LogP contribution in [0.3, 0.4) is 0 Å². The van der Waals surface area contributed by atoms with Crippen LogP contribution in [0.4, 0.5) is 0 Å². The van der Waals surface area contributed by atoms with Crippen molar-refractivity contribution in [1.29, 1.82) is 0 Å². The highest BCUT2D eigenvalue weighted by Crippen LogP contribution is 2.05. The van der Waals surface area contributed by atoms with Crippen LogP contribution in [0.15, 0.2) is 42.5 Å². The average molecular weight is 247 g/mol. The number of rotatable bonds is 9. The van der Waals surface area contributed by atoms with Crippen LogP contribution < -0.4 is 5.32 Å². The van der Waals surface area contributed by atoms with E-state index in [-0.39, 0.29) is 0 Å². The van der Waals surface area contributed by atoms with Gasteiger partial charge in [0.1, 0.15) is 0 Å². The third-order valence-corrected chi connectivity index (χ3v) is 2.85. The maximum absolute atomic E-state index is 5.48. The zero-order chi connectivity index (χ0) is 13.2. The summed E-state index contributed by atoms with van der Waals surface area (Å²) in [4.78, 5) is 0.